The molecule has 0 aliphatic rings. The molecule has 1 heterocycles. The average Bonchev–Trinajstić information content (AvgIpc) is 2.75. The van der Waals surface area contributed by atoms with Gasteiger partial charge < -0.3 is 15.4 Å². The number of carbonyl (C=O) groups is 2. The summed E-state index contributed by atoms with van der Waals surface area (Å²) < 4.78 is 1.97. The number of fused-ring (bicyclic) bond motifs is 1. The number of aryl methyl sites for hydroxylation is 1. The van der Waals surface area contributed by atoms with Crippen LogP contribution in [0.25, 0.3) is 10.9 Å². The Bertz CT molecular complexity index is 646. The quantitative estimate of drug-likeness (QED) is 0.842. The predicted molar refractivity (Wildman–Crippen MR) is 76.3 cm³/mol. The van der Waals surface area contributed by atoms with E-state index in [9.17, 15) is 9.59 Å². The van der Waals surface area contributed by atoms with Crippen LogP contribution in [0.4, 0.5) is 0 Å². The first kappa shape index (κ1) is 14.1. The summed E-state index contributed by atoms with van der Waals surface area (Å²) in [6.45, 7) is 2.29. The Hall–Kier alpha value is -2.30. The van der Waals surface area contributed by atoms with Crippen LogP contribution in [-0.2, 0) is 22.6 Å². The molecule has 0 saturated carbocycles. The van der Waals surface area contributed by atoms with Gasteiger partial charge in [-0.1, -0.05) is 25.1 Å². The number of nitrogens with zero attached hydrogens (tertiary/aromatic N) is 1. The van der Waals surface area contributed by atoms with Gasteiger partial charge in [-0.2, -0.15) is 0 Å². The number of para-hydroxylation sites is 1. The van der Waals surface area contributed by atoms with Gasteiger partial charge in [-0.15, -0.1) is 0 Å². The second kappa shape index (κ2) is 5.77. The van der Waals surface area contributed by atoms with Crippen LogP contribution in [0.2, 0.25) is 0 Å². The van der Waals surface area contributed by atoms with E-state index in [0.29, 0.717) is 13.0 Å². The molecule has 20 heavy (non-hydrogen) atoms. The van der Waals surface area contributed by atoms with Crippen molar-refractivity contribution in [3.05, 3.63) is 36.0 Å². The number of carboxylic acid groups (broad SMARTS) is 1. The molecule has 0 fully saturated rings. The van der Waals surface area contributed by atoms with E-state index in [2.05, 4.69) is 0 Å². The number of rotatable bonds is 6. The van der Waals surface area contributed by atoms with Gasteiger partial charge in [0.15, 0.2) is 0 Å². The Morgan fingerprint density at radius 2 is 2.05 bits per heavy atom. The van der Waals surface area contributed by atoms with Gasteiger partial charge in [0.25, 0.3) is 0 Å². The number of benzene rings is 1. The van der Waals surface area contributed by atoms with Crippen molar-refractivity contribution in [3.63, 3.8) is 0 Å². The van der Waals surface area contributed by atoms with Gasteiger partial charge in [-0.05, 0) is 18.1 Å². The first-order chi connectivity index (χ1) is 9.49. The maximum Gasteiger partial charge on any atom is 0.303 e. The third-order valence-corrected chi connectivity index (χ3v) is 3.44. The smallest absolute Gasteiger partial charge is 0.303 e. The number of amides is 1. The molecular formula is C15H18N2O3. The molecule has 1 aromatic carbocycles. The predicted octanol–water partition coefficient (Wildman–Crippen LogP) is 1.78. The van der Waals surface area contributed by atoms with Crippen LogP contribution in [0.3, 0.4) is 0 Å². The summed E-state index contributed by atoms with van der Waals surface area (Å²) in [6.07, 6.45) is 2.50. The minimum atomic E-state index is -0.813. The molecule has 1 atom stereocenters. The second-order valence-corrected chi connectivity index (χ2v) is 5.02. The minimum absolute atomic E-state index is 0.0966. The Morgan fingerprint density at radius 1 is 1.35 bits per heavy atom. The zero-order valence-corrected chi connectivity index (χ0v) is 11.4. The molecule has 1 amide bonds. The number of hydrogen-bond acceptors (Lipinski definition) is 2. The molecule has 3 N–H and O–H groups in total. The topological polar surface area (TPSA) is 85.3 Å². The fourth-order valence-electron chi connectivity index (χ4n) is 2.30. The molecule has 2 rings (SSSR count). The summed E-state index contributed by atoms with van der Waals surface area (Å²) in [5.41, 5.74) is 7.29. The van der Waals surface area contributed by atoms with E-state index in [0.717, 1.165) is 16.5 Å². The monoisotopic (exact) mass is 274 g/mol. The van der Waals surface area contributed by atoms with Crippen molar-refractivity contribution in [2.45, 2.75) is 26.3 Å². The molecule has 2 aromatic rings. The van der Waals surface area contributed by atoms with E-state index in [1.54, 1.807) is 6.92 Å². The average molecular weight is 274 g/mol. The van der Waals surface area contributed by atoms with Gasteiger partial charge in [0.05, 0.1) is 5.92 Å². The summed E-state index contributed by atoms with van der Waals surface area (Å²) in [7, 11) is 0. The molecule has 0 radical (unpaired) electrons. The number of primary amides is 1. The van der Waals surface area contributed by atoms with Gasteiger partial charge in [0.1, 0.15) is 0 Å². The van der Waals surface area contributed by atoms with E-state index in [1.165, 1.54) is 0 Å². The maximum absolute atomic E-state index is 11.2. The van der Waals surface area contributed by atoms with Crippen molar-refractivity contribution in [2.24, 2.45) is 11.7 Å². The van der Waals surface area contributed by atoms with Crippen LogP contribution in [0.5, 0.6) is 0 Å². The molecule has 0 spiro atoms. The van der Waals surface area contributed by atoms with Crippen molar-refractivity contribution in [1.82, 2.24) is 4.57 Å². The number of aliphatic carboxylic acids is 1. The van der Waals surface area contributed by atoms with Crippen molar-refractivity contribution in [2.75, 3.05) is 0 Å². The Morgan fingerprint density at radius 3 is 2.70 bits per heavy atom. The van der Waals surface area contributed by atoms with Crippen molar-refractivity contribution in [1.29, 1.82) is 0 Å². The first-order valence-corrected chi connectivity index (χ1v) is 6.57. The molecular weight excluding hydrogens is 256 g/mol. The fourth-order valence-corrected chi connectivity index (χ4v) is 2.30. The number of aromatic nitrogens is 1. The van der Waals surface area contributed by atoms with Crippen LogP contribution in [0.15, 0.2) is 30.5 Å². The summed E-state index contributed by atoms with van der Waals surface area (Å²) in [5, 5.41) is 9.84. The zero-order valence-electron chi connectivity index (χ0n) is 11.4. The number of nitrogens with two attached hydrogens (primary N) is 1. The zero-order chi connectivity index (χ0) is 14.7. The summed E-state index contributed by atoms with van der Waals surface area (Å²) in [4.78, 5) is 21.9. The van der Waals surface area contributed by atoms with Crippen LogP contribution in [0.1, 0.15) is 18.9 Å². The molecule has 0 bridgehead atoms. The van der Waals surface area contributed by atoms with Crippen LogP contribution in [-0.4, -0.2) is 21.6 Å². The van der Waals surface area contributed by atoms with E-state index in [1.807, 2.05) is 35.0 Å². The summed E-state index contributed by atoms with van der Waals surface area (Å²) in [6, 6.07) is 7.79. The minimum Gasteiger partial charge on any atom is -0.481 e. The van der Waals surface area contributed by atoms with E-state index >= 15 is 0 Å². The SMILES string of the molecule is CC(Cn1cc(CCC(=O)O)c2ccccc21)C(N)=O. The normalized spacial score (nSPS) is 12.4. The molecule has 106 valence electrons. The van der Waals surface area contributed by atoms with E-state index in [-0.39, 0.29) is 18.2 Å². The molecule has 5 heteroatoms. The van der Waals surface area contributed by atoms with E-state index < -0.39 is 5.97 Å². The van der Waals surface area contributed by atoms with Gasteiger partial charge in [-0.3, -0.25) is 9.59 Å². The third kappa shape index (κ3) is 2.99. The van der Waals surface area contributed by atoms with Crippen molar-refractivity contribution in [3.8, 4) is 0 Å². The van der Waals surface area contributed by atoms with Gasteiger partial charge >= 0.3 is 5.97 Å². The highest BCUT2D eigenvalue weighted by Crippen LogP contribution is 2.23. The highest BCUT2D eigenvalue weighted by molar-refractivity contribution is 5.85. The van der Waals surface area contributed by atoms with Gasteiger partial charge in [0, 0.05) is 30.1 Å². The molecule has 1 unspecified atom stereocenters. The highest BCUT2D eigenvalue weighted by Gasteiger charge is 2.14. The van der Waals surface area contributed by atoms with Crippen LogP contribution < -0.4 is 5.73 Å². The van der Waals surface area contributed by atoms with Crippen molar-refractivity contribution < 1.29 is 14.7 Å². The Labute approximate surface area is 117 Å². The molecule has 5 nitrogen and oxygen atoms in total. The number of hydrogen-bond donors (Lipinski definition) is 2. The summed E-state index contributed by atoms with van der Waals surface area (Å²) >= 11 is 0. The Balaban J connectivity index is 2.35. The van der Waals surface area contributed by atoms with Crippen LogP contribution >= 0.6 is 0 Å². The largest absolute Gasteiger partial charge is 0.481 e. The number of carbonyl (C=O) groups excluding carboxylic acids is 1. The Kier molecular flexibility index (Phi) is 4.08. The van der Waals surface area contributed by atoms with E-state index in [4.69, 9.17) is 10.8 Å². The fraction of sp³-hybridized carbons (Fsp3) is 0.333. The van der Waals surface area contributed by atoms with Gasteiger partial charge in [-0.25, -0.2) is 0 Å². The number of carboxylic acids is 1. The maximum atomic E-state index is 11.2. The van der Waals surface area contributed by atoms with Crippen LogP contribution in [0, 0.1) is 5.92 Å². The molecule has 0 aliphatic heterocycles. The molecule has 0 aliphatic carbocycles. The second-order valence-electron chi connectivity index (χ2n) is 5.02. The highest BCUT2D eigenvalue weighted by atomic mass is 16.4. The molecule has 0 saturated heterocycles. The third-order valence-electron chi connectivity index (χ3n) is 3.44. The molecule has 1 aromatic heterocycles. The van der Waals surface area contributed by atoms with Gasteiger partial charge in [0.2, 0.25) is 5.91 Å². The van der Waals surface area contributed by atoms with Crippen molar-refractivity contribution >= 4 is 22.8 Å². The lowest BCUT2D eigenvalue weighted by Gasteiger charge is -2.09. The summed E-state index contributed by atoms with van der Waals surface area (Å²) in [5.74, 6) is -1.42. The lowest BCUT2D eigenvalue weighted by Crippen LogP contribution is -2.24. The first-order valence-electron chi connectivity index (χ1n) is 6.57. The standard InChI is InChI=1S/C15H18N2O3/c1-10(15(16)20)8-17-9-11(6-7-14(18)19)12-4-2-3-5-13(12)17/h2-5,9-10H,6-8H2,1H3,(H2,16,20)(H,18,19). The lowest BCUT2D eigenvalue weighted by molar-refractivity contribution is -0.137. The lowest BCUT2D eigenvalue weighted by atomic mass is 10.1.